The van der Waals surface area contributed by atoms with Crippen LogP contribution in [-0.2, 0) is 9.53 Å². The van der Waals surface area contributed by atoms with Gasteiger partial charge in [-0.05, 0) is 37.8 Å². The van der Waals surface area contributed by atoms with Crippen LogP contribution in [-0.4, -0.2) is 28.6 Å². The lowest BCUT2D eigenvalue weighted by molar-refractivity contribution is -0.125. The SMILES string of the molecule is CC(C)C[C@H](NC(=O)[C@@H]1CO[C@@H](C)C1)c1nc2ccccc2[nH]1. The molecule has 0 aliphatic carbocycles. The van der Waals surface area contributed by atoms with Crippen molar-refractivity contribution >= 4 is 16.9 Å². The molecule has 1 aliphatic rings. The Labute approximate surface area is 136 Å². The molecule has 1 amide bonds. The van der Waals surface area contributed by atoms with Crippen LogP contribution in [0.15, 0.2) is 24.3 Å². The largest absolute Gasteiger partial charge is 0.378 e. The molecule has 0 unspecified atom stereocenters. The highest BCUT2D eigenvalue weighted by atomic mass is 16.5. The lowest BCUT2D eigenvalue weighted by atomic mass is 10.0. The van der Waals surface area contributed by atoms with Crippen molar-refractivity contribution in [2.75, 3.05) is 6.61 Å². The Morgan fingerprint density at radius 1 is 1.43 bits per heavy atom. The average molecular weight is 315 g/mol. The molecule has 1 saturated heterocycles. The van der Waals surface area contributed by atoms with Crippen LogP contribution in [0.3, 0.4) is 0 Å². The molecule has 2 aromatic rings. The summed E-state index contributed by atoms with van der Waals surface area (Å²) < 4.78 is 5.52. The van der Waals surface area contributed by atoms with Gasteiger partial charge in [-0.25, -0.2) is 4.98 Å². The van der Waals surface area contributed by atoms with Gasteiger partial charge in [0, 0.05) is 0 Å². The van der Waals surface area contributed by atoms with Gasteiger partial charge in [-0.15, -0.1) is 0 Å². The molecule has 1 fully saturated rings. The predicted octanol–water partition coefficient (Wildman–Crippen LogP) is 3.19. The van der Waals surface area contributed by atoms with Gasteiger partial charge in [0.25, 0.3) is 0 Å². The summed E-state index contributed by atoms with van der Waals surface area (Å²) in [5.41, 5.74) is 1.94. The van der Waals surface area contributed by atoms with Crippen LogP contribution in [0.2, 0.25) is 0 Å². The van der Waals surface area contributed by atoms with E-state index in [4.69, 9.17) is 4.74 Å². The number of amides is 1. The predicted molar refractivity (Wildman–Crippen MR) is 90.0 cm³/mol. The van der Waals surface area contributed by atoms with Crippen LogP contribution in [0, 0.1) is 11.8 Å². The van der Waals surface area contributed by atoms with Crippen LogP contribution < -0.4 is 5.32 Å². The van der Waals surface area contributed by atoms with E-state index in [0.29, 0.717) is 12.5 Å². The van der Waals surface area contributed by atoms with E-state index < -0.39 is 0 Å². The second-order valence-electron chi connectivity index (χ2n) is 6.91. The third kappa shape index (κ3) is 3.72. The number of rotatable bonds is 5. The van der Waals surface area contributed by atoms with Gasteiger partial charge in [0.2, 0.25) is 5.91 Å². The number of hydrogen-bond acceptors (Lipinski definition) is 3. The number of carbonyl (C=O) groups is 1. The third-order valence-corrected chi connectivity index (χ3v) is 4.33. The molecular weight excluding hydrogens is 290 g/mol. The zero-order valence-electron chi connectivity index (χ0n) is 14.0. The smallest absolute Gasteiger partial charge is 0.226 e. The first-order valence-electron chi connectivity index (χ1n) is 8.39. The van der Waals surface area contributed by atoms with E-state index in [2.05, 4.69) is 29.1 Å². The molecule has 0 radical (unpaired) electrons. The molecule has 0 spiro atoms. The molecule has 5 heteroatoms. The van der Waals surface area contributed by atoms with Gasteiger partial charge in [0.05, 0.1) is 35.7 Å². The zero-order chi connectivity index (χ0) is 16.4. The molecule has 2 N–H and O–H groups in total. The minimum atomic E-state index is -0.0918. The molecule has 2 heterocycles. The van der Waals surface area contributed by atoms with Crippen molar-refractivity contribution in [3.05, 3.63) is 30.1 Å². The van der Waals surface area contributed by atoms with Crippen molar-refractivity contribution in [3.8, 4) is 0 Å². The number of hydrogen-bond donors (Lipinski definition) is 2. The monoisotopic (exact) mass is 315 g/mol. The van der Waals surface area contributed by atoms with E-state index in [1.165, 1.54) is 0 Å². The Morgan fingerprint density at radius 3 is 2.87 bits per heavy atom. The summed E-state index contributed by atoms with van der Waals surface area (Å²) in [5, 5.41) is 3.18. The average Bonchev–Trinajstić information content (AvgIpc) is 3.11. The molecule has 1 aromatic heterocycles. The highest BCUT2D eigenvalue weighted by Crippen LogP contribution is 2.24. The van der Waals surface area contributed by atoms with Gasteiger partial charge < -0.3 is 15.0 Å². The number of nitrogens with one attached hydrogen (secondary N) is 2. The van der Waals surface area contributed by atoms with Crippen molar-refractivity contribution < 1.29 is 9.53 Å². The standard InChI is InChI=1S/C18H25N3O2/c1-11(2)8-16(21-18(22)13-9-12(3)23-10-13)17-19-14-6-4-5-7-15(14)20-17/h4-7,11-13,16H,8-10H2,1-3H3,(H,19,20)(H,21,22)/t12-,13-,16-/m0/s1. The number of para-hydroxylation sites is 2. The summed E-state index contributed by atoms with van der Waals surface area (Å²) in [6.45, 7) is 6.84. The molecule has 0 bridgehead atoms. The number of nitrogens with zero attached hydrogens (tertiary/aromatic N) is 1. The molecule has 23 heavy (non-hydrogen) atoms. The van der Waals surface area contributed by atoms with Crippen LogP contribution in [0.4, 0.5) is 0 Å². The number of aromatic amines is 1. The van der Waals surface area contributed by atoms with Gasteiger partial charge >= 0.3 is 0 Å². The Hall–Kier alpha value is -1.88. The highest BCUT2D eigenvalue weighted by molar-refractivity contribution is 5.80. The molecule has 3 rings (SSSR count). The molecule has 124 valence electrons. The van der Waals surface area contributed by atoms with E-state index in [1.54, 1.807) is 0 Å². The minimum Gasteiger partial charge on any atom is -0.378 e. The quantitative estimate of drug-likeness (QED) is 0.890. The fourth-order valence-corrected chi connectivity index (χ4v) is 3.14. The van der Waals surface area contributed by atoms with Gasteiger partial charge in [0.15, 0.2) is 0 Å². The summed E-state index contributed by atoms with van der Waals surface area (Å²) >= 11 is 0. The summed E-state index contributed by atoms with van der Waals surface area (Å²) in [4.78, 5) is 20.5. The number of carbonyl (C=O) groups excluding carboxylic acids is 1. The molecule has 3 atom stereocenters. The third-order valence-electron chi connectivity index (χ3n) is 4.33. The van der Waals surface area contributed by atoms with E-state index in [9.17, 15) is 4.79 Å². The summed E-state index contributed by atoms with van der Waals surface area (Å²) in [6, 6.07) is 7.85. The van der Waals surface area contributed by atoms with Crippen molar-refractivity contribution in [2.24, 2.45) is 11.8 Å². The van der Waals surface area contributed by atoms with Crippen molar-refractivity contribution in [1.82, 2.24) is 15.3 Å². The van der Waals surface area contributed by atoms with Gasteiger partial charge in [-0.1, -0.05) is 26.0 Å². The minimum absolute atomic E-state index is 0.0518. The number of ether oxygens (including phenoxy) is 1. The van der Waals surface area contributed by atoms with E-state index in [0.717, 1.165) is 29.7 Å². The maximum Gasteiger partial charge on any atom is 0.226 e. The second-order valence-corrected chi connectivity index (χ2v) is 6.91. The van der Waals surface area contributed by atoms with Gasteiger partial charge in [-0.2, -0.15) is 0 Å². The second kappa shape index (κ2) is 6.71. The van der Waals surface area contributed by atoms with Crippen LogP contribution in [0.5, 0.6) is 0 Å². The topological polar surface area (TPSA) is 67.0 Å². The first-order valence-corrected chi connectivity index (χ1v) is 8.39. The zero-order valence-corrected chi connectivity index (χ0v) is 14.0. The number of fused-ring (bicyclic) bond motifs is 1. The fourth-order valence-electron chi connectivity index (χ4n) is 3.14. The molecule has 1 aromatic carbocycles. The Balaban J connectivity index is 1.78. The van der Waals surface area contributed by atoms with Crippen molar-refractivity contribution in [1.29, 1.82) is 0 Å². The lowest BCUT2D eigenvalue weighted by Gasteiger charge is -2.20. The molecule has 1 aliphatic heterocycles. The van der Waals surface area contributed by atoms with Gasteiger partial charge in [0.1, 0.15) is 5.82 Å². The van der Waals surface area contributed by atoms with Crippen molar-refractivity contribution in [3.63, 3.8) is 0 Å². The Morgan fingerprint density at radius 2 is 2.22 bits per heavy atom. The highest BCUT2D eigenvalue weighted by Gasteiger charge is 2.30. The normalized spacial score (nSPS) is 22.6. The Kier molecular flexibility index (Phi) is 4.66. The fraction of sp³-hybridized carbons (Fsp3) is 0.556. The van der Waals surface area contributed by atoms with Crippen LogP contribution in [0.1, 0.15) is 45.5 Å². The van der Waals surface area contributed by atoms with Gasteiger partial charge in [-0.3, -0.25) is 4.79 Å². The van der Waals surface area contributed by atoms with E-state index in [1.807, 2.05) is 31.2 Å². The summed E-state index contributed by atoms with van der Waals surface area (Å²) in [6.07, 6.45) is 1.82. The molecule has 0 saturated carbocycles. The lowest BCUT2D eigenvalue weighted by Crippen LogP contribution is -2.35. The van der Waals surface area contributed by atoms with E-state index >= 15 is 0 Å². The number of imidazole rings is 1. The van der Waals surface area contributed by atoms with Crippen molar-refractivity contribution in [2.45, 2.75) is 45.8 Å². The van der Waals surface area contributed by atoms with Crippen LogP contribution >= 0.6 is 0 Å². The summed E-state index contributed by atoms with van der Waals surface area (Å²) in [7, 11) is 0. The molecular formula is C18H25N3O2. The van der Waals surface area contributed by atoms with Crippen LogP contribution in [0.25, 0.3) is 11.0 Å². The maximum absolute atomic E-state index is 12.5. The number of H-pyrrole nitrogens is 1. The Bertz CT molecular complexity index is 647. The first kappa shape index (κ1) is 16.0. The number of benzene rings is 1. The number of aromatic nitrogens is 2. The molecule has 5 nitrogen and oxygen atoms in total. The van der Waals surface area contributed by atoms with E-state index in [-0.39, 0.29) is 24.0 Å². The maximum atomic E-state index is 12.5. The summed E-state index contributed by atoms with van der Waals surface area (Å²) in [5.74, 6) is 1.32. The first-order chi connectivity index (χ1) is 11.0.